The van der Waals surface area contributed by atoms with Crippen LogP contribution >= 0.6 is 11.6 Å². The Balaban J connectivity index is 1.78. The van der Waals surface area contributed by atoms with E-state index < -0.39 is 9.84 Å². The summed E-state index contributed by atoms with van der Waals surface area (Å²) < 4.78 is 22.9. The molecule has 0 aliphatic heterocycles. The molecule has 0 N–H and O–H groups in total. The van der Waals surface area contributed by atoms with Crippen molar-refractivity contribution in [3.8, 4) is 11.4 Å². The van der Waals surface area contributed by atoms with Gasteiger partial charge in [-0.05, 0) is 47.2 Å². The standard InChI is InChI=1S/C15H13ClN4O2S/c1-23(21,22)14-8-2-11(3-9-14)10-20-18-15(17-19-20)12-4-6-13(16)7-5-12/h2-9H,10H2,1H3. The van der Waals surface area contributed by atoms with E-state index in [4.69, 9.17) is 11.6 Å². The van der Waals surface area contributed by atoms with Crippen molar-refractivity contribution in [1.29, 1.82) is 0 Å². The number of sulfone groups is 1. The molecule has 118 valence electrons. The molecule has 3 rings (SSSR count). The Hall–Kier alpha value is -2.25. The lowest BCUT2D eigenvalue weighted by Crippen LogP contribution is -2.04. The van der Waals surface area contributed by atoms with Gasteiger partial charge in [0.2, 0.25) is 5.82 Å². The molecule has 0 unspecified atom stereocenters. The van der Waals surface area contributed by atoms with Gasteiger partial charge in [0.15, 0.2) is 9.84 Å². The molecule has 0 atom stereocenters. The van der Waals surface area contributed by atoms with Crippen LogP contribution in [-0.4, -0.2) is 34.9 Å². The fraction of sp³-hybridized carbons (Fsp3) is 0.133. The monoisotopic (exact) mass is 348 g/mol. The zero-order valence-corrected chi connectivity index (χ0v) is 13.8. The third-order valence-corrected chi connectivity index (χ3v) is 4.61. The van der Waals surface area contributed by atoms with Crippen molar-refractivity contribution in [3.63, 3.8) is 0 Å². The number of halogens is 1. The predicted molar refractivity (Wildman–Crippen MR) is 86.9 cm³/mol. The van der Waals surface area contributed by atoms with E-state index in [0.717, 1.165) is 11.1 Å². The number of nitrogens with zero attached hydrogens (tertiary/aromatic N) is 4. The highest BCUT2D eigenvalue weighted by atomic mass is 35.5. The molecule has 1 aromatic heterocycles. The van der Waals surface area contributed by atoms with Gasteiger partial charge in [-0.1, -0.05) is 23.7 Å². The van der Waals surface area contributed by atoms with Gasteiger partial charge < -0.3 is 0 Å². The van der Waals surface area contributed by atoms with Crippen molar-refractivity contribution in [1.82, 2.24) is 20.2 Å². The molecule has 8 heteroatoms. The molecule has 0 saturated carbocycles. The molecular formula is C15H13ClN4O2S. The van der Waals surface area contributed by atoms with Crippen molar-refractivity contribution in [2.45, 2.75) is 11.4 Å². The largest absolute Gasteiger partial charge is 0.224 e. The van der Waals surface area contributed by atoms with E-state index >= 15 is 0 Å². The predicted octanol–water partition coefficient (Wildman–Crippen LogP) is 2.45. The van der Waals surface area contributed by atoms with E-state index in [2.05, 4.69) is 15.4 Å². The van der Waals surface area contributed by atoms with Gasteiger partial charge in [0.1, 0.15) is 0 Å². The first-order valence-electron chi connectivity index (χ1n) is 6.74. The highest BCUT2D eigenvalue weighted by molar-refractivity contribution is 7.90. The summed E-state index contributed by atoms with van der Waals surface area (Å²) >= 11 is 5.85. The molecule has 0 aliphatic carbocycles. The second-order valence-corrected chi connectivity index (χ2v) is 7.52. The summed E-state index contributed by atoms with van der Waals surface area (Å²) in [5, 5.41) is 13.0. The summed E-state index contributed by atoms with van der Waals surface area (Å²) in [7, 11) is -3.19. The van der Waals surface area contributed by atoms with Gasteiger partial charge in [0, 0.05) is 16.8 Å². The van der Waals surface area contributed by atoms with Crippen molar-refractivity contribution in [2.75, 3.05) is 6.26 Å². The SMILES string of the molecule is CS(=O)(=O)c1ccc(Cn2nnc(-c3ccc(Cl)cc3)n2)cc1. The highest BCUT2D eigenvalue weighted by Gasteiger charge is 2.08. The number of hydrogen-bond acceptors (Lipinski definition) is 5. The maximum absolute atomic E-state index is 11.4. The molecule has 0 saturated heterocycles. The zero-order valence-electron chi connectivity index (χ0n) is 12.2. The number of aromatic nitrogens is 4. The average Bonchev–Trinajstić information content (AvgIpc) is 2.96. The highest BCUT2D eigenvalue weighted by Crippen LogP contribution is 2.17. The summed E-state index contributed by atoms with van der Waals surface area (Å²) in [5.41, 5.74) is 1.71. The van der Waals surface area contributed by atoms with Gasteiger partial charge in [-0.2, -0.15) is 4.80 Å². The Labute approximate surface area is 138 Å². The van der Waals surface area contributed by atoms with Crippen molar-refractivity contribution in [2.24, 2.45) is 0 Å². The molecule has 2 aromatic carbocycles. The van der Waals surface area contributed by atoms with Crippen LogP contribution in [0.15, 0.2) is 53.4 Å². The number of tetrazole rings is 1. The first kappa shape index (κ1) is 15.6. The van der Waals surface area contributed by atoms with Crippen molar-refractivity contribution in [3.05, 3.63) is 59.1 Å². The van der Waals surface area contributed by atoms with Crippen LogP contribution in [0.4, 0.5) is 0 Å². The van der Waals surface area contributed by atoms with E-state index in [1.165, 1.54) is 11.1 Å². The van der Waals surface area contributed by atoms with E-state index in [1.807, 2.05) is 12.1 Å². The maximum atomic E-state index is 11.4. The van der Waals surface area contributed by atoms with Crippen LogP contribution in [0.3, 0.4) is 0 Å². The van der Waals surface area contributed by atoms with Gasteiger partial charge in [-0.25, -0.2) is 8.42 Å². The van der Waals surface area contributed by atoms with E-state index in [0.29, 0.717) is 17.4 Å². The molecular weight excluding hydrogens is 336 g/mol. The van der Waals surface area contributed by atoms with E-state index in [-0.39, 0.29) is 4.90 Å². The quantitative estimate of drug-likeness (QED) is 0.723. The van der Waals surface area contributed by atoms with Crippen molar-refractivity contribution < 1.29 is 8.42 Å². The minimum Gasteiger partial charge on any atom is -0.224 e. The van der Waals surface area contributed by atoms with Gasteiger partial charge in [0.05, 0.1) is 11.4 Å². The lowest BCUT2D eigenvalue weighted by molar-refractivity contribution is 0.572. The second-order valence-electron chi connectivity index (χ2n) is 5.07. The summed E-state index contributed by atoms with van der Waals surface area (Å²) in [6, 6.07) is 13.8. The summed E-state index contributed by atoms with van der Waals surface area (Å²) in [4.78, 5) is 1.74. The first-order chi connectivity index (χ1) is 10.9. The van der Waals surface area contributed by atoms with Gasteiger partial charge in [-0.15, -0.1) is 10.2 Å². The molecule has 1 heterocycles. The lowest BCUT2D eigenvalue weighted by atomic mass is 10.2. The first-order valence-corrected chi connectivity index (χ1v) is 9.01. The van der Waals surface area contributed by atoms with Gasteiger partial charge in [0.25, 0.3) is 0 Å². The van der Waals surface area contributed by atoms with Gasteiger partial charge in [-0.3, -0.25) is 0 Å². The Morgan fingerprint density at radius 1 is 1.04 bits per heavy atom. The second kappa shape index (κ2) is 6.10. The molecule has 6 nitrogen and oxygen atoms in total. The third kappa shape index (κ3) is 3.75. The Kier molecular flexibility index (Phi) is 4.14. The number of benzene rings is 2. The molecule has 23 heavy (non-hydrogen) atoms. The molecule has 0 spiro atoms. The van der Waals surface area contributed by atoms with Crippen LogP contribution in [-0.2, 0) is 16.4 Å². The fourth-order valence-corrected chi connectivity index (χ4v) is 2.79. The maximum Gasteiger partial charge on any atom is 0.204 e. The van der Waals surface area contributed by atoms with Crippen LogP contribution in [0, 0.1) is 0 Å². The Morgan fingerprint density at radius 2 is 1.70 bits per heavy atom. The van der Waals surface area contributed by atoms with E-state index in [9.17, 15) is 8.42 Å². The van der Waals surface area contributed by atoms with Crippen LogP contribution in [0.25, 0.3) is 11.4 Å². The van der Waals surface area contributed by atoms with Crippen LogP contribution in [0.5, 0.6) is 0 Å². The lowest BCUT2D eigenvalue weighted by Gasteiger charge is -2.02. The summed E-state index contributed by atoms with van der Waals surface area (Å²) in [6.45, 7) is 0.407. The molecule has 0 aliphatic rings. The van der Waals surface area contributed by atoms with Crippen LogP contribution in [0.2, 0.25) is 5.02 Å². The topological polar surface area (TPSA) is 77.7 Å². The minimum atomic E-state index is -3.19. The molecule has 0 bridgehead atoms. The summed E-state index contributed by atoms with van der Waals surface area (Å²) in [5.74, 6) is 0.509. The van der Waals surface area contributed by atoms with Crippen LogP contribution in [0.1, 0.15) is 5.56 Å². The fourth-order valence-electron chi connectivity index (χ4n) is 2.03. The third-order valence-electron chi connectivity index (χ3n) is 3.23. The smallest absolute Gasteiger partial charge is 0.204 e. The number of rotatable bonds is 4. The van der Waals surface area contributed by atoms with Crippen LogP contribution < -0.4 is 0 Å². The van der Waals surface area contributed by atoms with E-state index in [1.54, 1.807) is 36.4 Å². The molecule has 0 amide bonds. The molecule has 0 radical (unpaired) electrons. The molecule has 3 aromatic rings. The average molecular weight is 349 g/mol. The van der Waals surface area contributed by atoms with Gasteiger partial charge >= 0.3 is 0 Å². The number of hydrogen-bond donors (Lipinski definition) is 0. The zero-order chi connectivity index (χ0) is 16.4. The summed E-state index contributed by atoms with van der Waals surface area (Å²) in [6.07, 6.45) is 1.18. The van der Waals surface area contributed by atoms with Crippen molar-refractivity contribution >= 4 is 21.4 Å². The Morgan fingerprint density at radius 3 is 2.30 bits per heavy atom. The normalized spacial score (nSPS) is 11.6. The molecule has 0 fully saturated rings. The minimum absolute atomic E-state index is 0.287. The Bertz CT molecular complexity index is 919.